The van der Waals surface area contributed by atoms with Gasteiger partial charge in [0.1, 0.15) is 5.60 Å². The first-order valence-corrected chi connectivity index (χ1v) is 10.8. The van der Waals surface area contributed by atoms with Crippen molar-refractivity contribution in [3.63, 3.8) is 0 Å². The van der Waals surface area contributed by atoms with Gasteiger partial charge in [-0.3, -0.25) is 9.59 Å². The Morgan fingerprint density at radius 2 is 1.67 bits per heavy atom. The number of amides is 1. The fraction of sp³-hybridized carbons (Fsp3) is 0.609. The van der Waals surface area contributed by atoms with E-state index in [1.807, 2.05) is 30.3 Å². The summed E-state index contributed by atoms with van der Waals surface area (Å²) in [5.41, 5.74) is 7.23. The molecule has 0 spiro atoms. The van der Waals surface area contributed by atoms with E-state index in [2.05, 4.69) is 15.3 Å². The van der Waals surface area contributed by atoms with Crippen LogP contribution in [0, 0.1) is 5.41 Å². The fourth-order valence-corrected chi connectivity index (χ4v) is 3.52. The van der Waals surface area contributed by atoms with Crippen molar-refractivity contribution in [1.29, 1.82) is 0 Å². The molecule has 0 heterocycles. The van der Waals surface area contributed by atoms with Gasteiger partial charge in [-0.05, 0) is 64.0 Å². The van der Waals surface area contributed by atoms with Gasteiger partial charge in [-0.25, -0.2) is 4.79 Å². The molecule has 1 N–H and O–H groups in total. The Hall–Kier alpha value is -3.26. The highest BCUT2D eigenvalue weighted by molar-refractivity contribution is 6.00. The quantitative estimate of drug-likeness (QED) is 0.0933. The highest BCUT2D eigenvalue weighted by atomic mass is 16.6. The van der Waals surface area contributed by atoms with E-state index >= 15 is 0 Å². The first kappa shape index (κ1) is 27.8. The van der Waals surface area contributed by atoms with Crippen LogP contribution in [-0.2, 0) is 30.2 Å². The summed E-state index contributed by atoms with van der Waals surface area (Å²) < 4.78 is 15.3. The van der Waals surface area contributed by atoms with E-state index in [4.69, 9.17) is 19.7 Å². The second kappa shape index (κ2) is 13.3. The van der Waals surface area contributed by atoms with Crippen LogP contribution in [0.1, 0.15) is 52.0 Å². The van der Waals surface area contributed by atoms with Crippen molar-refractivity contribution >= 4 is 18.0 Å². The molecule has 1 rings (SSSR count). The molecule has 1 aromatic rings. The van der Waals surface area contributed by atoms with Gasteiger partial charge in [-0.15, -0.1) is 0 Å². The third kappa shape index (κ3) is 9.41. The lowest BCUT2D eigenvalue weighted by molar-refractivity contribution is -0.170. The average molecular weight is 463 g/mol. The fourth-order valence-electron chi connectivity index (χ4n) is 3.52. The molecule has 0 fully saturated rings. The highest BCUT2D eigenvalue weighted by Crippen LogP contribution is 2.34. The molecule has 0 unspecified atom stereocenters. The number of carbonyl (C=O) groups is 3. The number of rotatable bonds is 12. The second-order valence-electron chi connectivity index (χ2n) is 8.69. The summed E-state index contributed by atoms with van der Waals surface area (Å²) in [6.45, 7) is 5.42. The summed E-state index contributed by atoms with van der Waals surface area (Å²) in [5.74, 6) is -1.46. The number of ether oxygens (including phenoxy) is 3. The zero-order valence-corrected chi connectivity index (χ0v) is 20.0. The van der Waals surface area contributed by atoms with Crippen molar-refractivity contribution < 1.29 is 28.6 Å². The summed E-state index contributed by atoms with van der Waals surface area (Å²) in [4.78, 5) is 40.6. The number of nitrogens with one attached hydrogen (secondary N) is 1. The molecular formula is C23H34N4O6. The summed E-state index contributed by atoms with van der Waals surface area (Å²) in [6.07, 6.45) is 0.591. The zero-order chi connectivity index (χ0) is 24.9. The molecule has 0 bridgehead atoms. The van der Waals surface area contributed by atoms with Gasteiger partial charge >= 0.3 is 18.0 Å². The summed E-state index contributed by atoms with van der Waals surface area (Å²) >= 11 is 0. The smallest absolute Gasteiger partial charge is 0.407 e. The van der Waals surface area contributed by atoms with E-state index in [0.29, 0.717) is 6.42 Å². The number of alkyl carbamates (subject to hydrolysis) is 1. The lowest BCUT2D eigenvalue weighted by Crippen LogP contribution is -2.45. The van der Waals surface area contributed by atoms with E-state index in [1.165, 1.54) is 14.2 Å². The average Bonchev–Trinajstić information content (AvgIpc) is 2.77. The molecule has 0 aliphatic heterocycles. The lowest BCUT2D eigenvalue weighted by Gasteiger charge is -2.30. The summed E-state index contributed by atoms with van der Waals surface area (Å²) in [7, 11) is 2.40. The van der Waals surface area contributed by atoms with Crippen LogP contribution in [0.4, 0.5) is 4.79 Å². The molecule has 0 aromatic heterocycles. The van der Waals surface area contributed by atoms with E-state index < -0.39 is 35.1 Å². The number of hydrogen-bond donors (Lipinski definition) is 1. The molecule has 0 radical (unpaired) electrons. The molecule has 10 heteroatoms. The van der Waals surface area contributed by atoms with E-state index in [-0.39, 0.29) is 32.2 Å². The number of esters is 2. The van der Waals surface area contributed by atoms with Crippen molar-refractivity contribution in [3.8, 4) is 0 Å². The standard InChI is InChI=1S/C23H34N4O6/c1-22(2,3)33-21(30)26-18(16-17-10-7-6-8-11-17)12-14-23(19(28)31-4,20(29)32-5)13-9-15-25-27-24/h6-8,10-11,18H,9,12-16H2,1-5H3,(H,26,30)/t18-/m0/s1. The Bertz CT molecular complexity index is 815. The number of azide groups is 1. The van der Waals surface area contributed by atoms with Crippen LogP contribution < -0.4 is 5.32 Å². The van der Waals surface area contributed by atoms with Gasteiger partial charge in [-0.1, -0.05) is 35.4 Å². The molecule has 10 nitrogen and oxygen atoms in total. The van der Waals surface area contributed by atoms with Crippen molar-refractivity contribution in [2.24, 2.45) is 10.5 Å². The van der Waals surface area contributed by atoms with E-state index in [9.17, 15) is 14.4 Å². The highest BCUT2D eigenvalue weighted by Gasteiger charge is 2.47. The Morgan fingerprint density at radius 1 is 1.06 bits per heavy atom. The van der Waals surface area contributed by atoms with Crippen LogP contribution in [0.2, 0.25) is 0 Å². The zero-order valence-electron chi connectivity index (χ0n) is 20.0. The maximum Gasteiger partial charge on any atom is 0.407 e. The normalized spacial score (nSPS) is 12.2. The van der Waals surface area contributed by atoms with Crippen molar-refractivity contribution in [2.45, 2.75) is 64.5 Å². The van der Waals surface area contributed by atoms with Gasteiger partial charge in [0.25, 0.3) is 0 Å². The van der Waals surface area contributed by atoms with Crippen LogP contribution in [0.15, 0.2) is 35.4 Å². The molecule has 182 valence electrons. The van der Waals surface area contributed by atoms with Crippen LogP contribution in [0.25, 0.3) is 10.4 Å². The molecular weight excluding hydrogens is 428 g/mol. The van der Waals surface area contributed by atoms with Gasteiger partial charge in [0.2, 0.25) is 0 Å². The molecule has 0 saturated heterocycles. The van der Waals surface area contributed by atoms with Crippen LogP contribution >= 0.6 is 0 Å². The van der Waals surface area contributed by atoms with Crippen molar-refractivity contribution in [2.75, 3.05) is 20.8 Å². The Kier molecular flexibility index (Phi) is 11.2. The largest absolute Gasteiger partial charge is 0.468 e. The SMILES string of the molecule is COC(=O)C(CCCN=[N+]=[N-])(CC[C@@H](Cc1ccccc1)NC(=O)OC(C)(C)C)C(=O)OC. The topological polar surface area (TPSA) is 140 Å². The van der Waals surface area contributed by atoms with Gasteiger partial charge < -0.3 is 19.5 Å². The molecule has 1 aromatic carbocycles. The molecule has 1 atom stereocenters. The Balaban J connectivity index is 3.14. The molecule has 0 saturated carbocycles. The number of nitrogens with zero attached hydrogens (tertiary/aromatic N) is 3. The van der Waals surface area contributed by atoms with E-state index in [1.54, 1.807) is 20.8 Å². The maximum absolute atomic E-state index is 12.7. The molecule has 0 aliphatic carbocycles. The van der Waals surface area contributed by atoms with Crippen LogP contribution in [0.3, 0.4) is 0 Å². The molecule has 1 amide bonds. The second-order valence-corrected chi connectivity index (χ2v) is 8.69. The van der Waals surface area contributed by atoms with Crippen LogP contribution in [0.5, 0.6) is 0 Å². The lowest BCUT2D eigenvalue weighted by atomic mass is 9.77. The molecule has 33 heavy (non-hydrogen) atoms. The number of hydrogen-bond acceptors (Lipinski definition) is 7. The predicted molar refractivity (Wildman–Crippen MR) is 122 cm³/mol. The van der Waals surface area contributed by atoms with Crippen LogP contribution in [-0.4, -0.2) is 50.4 Å². The van der Waals surface area contributed by atoms with Gasteiger partial charge in [0.05, 0.1) is 14.2 Å². The van der Waals surface area contributed by atoms with Gasteiger partial charge in [0.15, 0.2) is 5.41 Å². The number of methoxy groups -OCH3 is 2. The minimum absolute atomic E-state index is 0.0654. The Morgan fingerprint density at radius 3 is 2.18 bits per heavy atom. The minimum atomic E-state index is -1.58. The third-order valence-corrected chi connectivity index (χ3v) is 5.04. The van der Waals surface area contributed by atoms with Crippen molar-refractivity contribution in [3.05, 3.63) is 46.3 Å². The summed E-state index contributed by atoms with van der Waals surface area (Å²) in [5, 5.41) is 6.33. The first-order valence-electron chi connectivity index (χ1n) is 10.8. The number of benzene rings is 1. The third-order valence-electron chi connectivity index (χ3n) is 5.04. The minimum Gasteiger partial charge on any atom is -0.468 e. The van der Waals surface area contributed by atoms with Crippen molar-refractivity contribution in [1.82, 2.24) is 5.32 Å². The Labute approximate surface area is 194 Å². The molecule has 0 aliphatic rings. The van der Waals surface area contributed by atoms with Gasteiger partial charge in [0, 0.05) is 17.5 Å². The van der Waals surface area contributed by atoms with E-state index in [0.717, 1.165) is 5.56 Å². The number of carbonyl (C=O) groups excluding carboxylic acids is 3. The van der Waals surface area contributed by atoms with Gasteiger partial charge in [-0.2, -0.15) is 0 Å². The summed E-state index contributed by atoms with van der Waals surface area (Å²) in [6, 6.07) is 9.11. The predicted octanol–water partition coefficient (Wildman–Crippen LogP) is 4.33. The maximum atomic E-state index is 12.7. The first-order chi connectivity index (χ1) is 15.6. The monoisotopic (exact) mass is 462 g/mol.